The highest BCUT2D eigenvalue weighted by molar-refractivity contribution is 7.89. The topological polar surface area (TPSA) is 89.4 Å². The van der Waals surface area contributed by atoms with Crippen molar-refractivity contribution in [1.29, 1.82) is 0 Å². The standard InChI is InChI=1S/C13H14FN3O2S/c1-17(10-4-2-9(14)3-5-10)13-8-11(20(16,18)19)6-7-12(13)15/h2-8H,15H2,1H3,(H2,16,18,19). The van der Waals surface area contributed by atoms with Gasteiger partial charge in [0.2, 0.25) is 10.0 Å². The largest absolute Gasteiger partial charge is 0.397 e. The van der Waals surface area contributed by atoms with E-state index in [1.54, 1.807) is 24.1 Å². The molecule has 4 N–H and O–H groups in total. The Morgan fingerprint density at radius 3 is 2.25 bits per heavy atom. The highest BCUT2D eigenvalue weighted by Crippen LogP contribution is 2.30. The molecule has 2 aromatic carbocycles. The number of nitrogens with two attached hydrogens (primary N) is 2. The molecule has 2 aromatic rings. The maximum atomic E-state index is 12.9. The fourth-order valence-corrected chi connectivity index (χ4v) is 2.33. The van der Waals surface area contributed by atoms with Crippen molar-refractivity contribution in [2.75, 3.05) is 17.7 Å². The molecule has 0 bridgehead atoms. The lowest BCUT2D eigenvalue weighted by molar-refractivity contribution is 0.598. The Morgan fingerprint density at radius 2 is 1.70 bits per heavy atom. The highest BCUT2D eigenvalue weighted by Gasteiger charge is 2.14. The van der Waals surface area contributed by atoms with E-state index in [0.717, 1.165) is 0 Å². The summed E-state index contributed by atoms with van der Waals surface area (Å²) in [4.78, 5) is 1.62. The van der Waals surface area contributed by atoms with Crippen LogP contribution >= 0.6 is 0 Å². The number of nitrogens with zero attached hydrogens (tertiary/aromatic N) is 1. The summed E-state index contributed by atoms with van der Waals surface area (Å²) >= 11 is 0. The van der Waals surface area contributed by atoms with Crippen molar-refractivity contribution in [3.8, 4) is 0 Å². The van der Waals surface area contributed by atoms with Crippen molar-refractivity contribution in [2.45, 2.75) is 4.90 Å². The third-order valence-electron chi connectivity index (χ3n) is 2.91. The molecule has 0 spiro atoms. The molecule has 0 heterocycles. The number of rotatable bonds is 3. The molecular formula is C13H14FN3O2S. The first kappa shape index (κ1) is 14.3. The molecule has 0 aliphatic heterocycles. The summed E-state index contributed by atoms with van der Waals surface area (Å²) in [6.45, 7) is 0. The van der Waals surface area contributed by atoms with Crippen molar-refractivity contribution in [2.24, 2.45) is 5.14 Å². The van der Waals surface area contributed by atoms with Crippen LogP contribution in [0.25, 0.3) is 0 Å². The minimum absolute atomic E-state index is 0.0318. The van der Waals surface area contributed by atoms with Crippen molar-refractivity contribution >= 4 is 27.1 Å². The zero-order chi connectivity index (χ0) is 14.9. The molecule has 20 heavy (non-hydrogen) atoms. The monoisotopic (exact) mass is 295 g/mol. The van der Waals surface area contributed by atoms with Gasteiger partial charge in [0.1, 0.15) is 5.82 Å². The Balaban J connectivity index is 2.48. The molecule has 0 amide bonds. The Bertz CT molecular complexity index is 730. The zero-order valence-electron chi connectivity index (χ0n) is 10.7. The van der Waals surface area contributed by atoms with Gasteiger partial charge in [-0.2, -0.15) is 0 Å². The second-order valence-corrected chi connectivity index (χ2v) is 5.86. The van der Waals surface area contributed by atoms with E-state index in [2.05, 4.69) is 0 Å². The van der Waals surface area contributed by atoms with Gasteiger partial charge < -0.3 is 10.6 Å². The Hall–Kier alpha value is -2.12. The van der Waals surface area contributed by atoms with Crippen LogP contribution in [0.4, 0.5) is 21.5 Å². The SMILES string of the molecule is CN(c1ccc(F)cc1)c1cc(S(N)(=O)=O)ccc1N. The van der Waals surface area contributed by atoms with E-state index in [1.807, 2.05) is 0 Å². The molecule has 0 unspecified atom stereocenters. The van der Waals surface area contributed by atoms with E-state index in [4.69, 9.17) is 10.9 Å². The smallest absolute Gasteiger partial charge is 0.238 e. The molecule has 0 atom stereocenters. The lowest BCUT2D eigenvalue weighted by Gasteiger charge is -2.21. The van der Waals surface area contributed by atoms with E-state index >= 15 is 0 Å². The maximum absolute atomic E-state index is 12.9. The number of halogens is 1. The van der Waals surface area contributed by atoms with Gasteiger partial charge in [-0.15, -0.1) is 0 Å². The number of sulfonamides is 1. The van der Waals surface area contributed by atoms with Crippen LogP contribution < -0.4 is 15.8 Å². The predicted octanol–water partition coefficient (Wildman–Crippen LogP) is 1.82. The van der Waals surface area contributed by atoms with Gasteiger partial charge in [0.05, 0.1) is 16.3 Å². The van der Waals surface area contributed by atoms with Crippen LogP contribution in [0.2, 0.25) is 0 Å². The van der Waals surface area contributed by atoms with Gasteiger partial charge in [0.15, 0.2) is 0 Å². The summed E-state index contributed by atoms with van der Waals surface area (Å²) in [5.41, 5.74) is 7.39. The number of primary sulfonamides is 1. The van der Waals surface area contributed by atoms with Gasteiger partial charge in [0, 0.05) is 12.7 Å². The highest BCUT2D eigenvalue weighted by atomic mass is 32.2. The lowest BCUT2D eigenvalue weighted by Crippen LogP contribution is -2.15. The number of benzene rings is 2. The average Bonchev–Trinajstić information content (AvgIpc) is 2.38. The Labute approximate surface area is 116 Å². The molecule has 7 heteroatoms. The van der Waals surface area contributed by atoms with E-state index < -0.39 is 10.0 Å². The molecular weight excluding hydrogens is 281 g/mol. The average molecular weight is 295 g/mol. The normalized spacial score (nSPS) is 11.3. The molecule has 0 aliphatic rings. The van der Waals surface area contributed by atoms with E-state index in [9.17, 15) is 12.8 Å². The summed E-state index contributed by atoms with van der Waals surface area (Å²) in [6, 6.07) is 9.95. The van der Waals surface area contributed by atoms with E-state index in [-0.39, 0.29) is 10.7 Å². The zero-order valence-corrected chi connectivity index (χ0v) is 11.6. The molecule has 106 valence electrons. The second-order valence-electron chi connectivity index (χ2n) is 4.30. The van der Waals surface area contributed by atoms with Gasteiger partial charge in [-0.3, -0.25) is 0 Å². The van der Waals surface area contributed by atoms with Gasteiger partial charge in [0.25, 0.3) is 0 Å². The second kappa shape index (κ2) is 5.10. The number of nitrogen functional groups attached to an aromatic ring is 1. The summed E-state index contributed by atoms with van der Waals surface area (Å²) < 4.78 is 35.7. The molecule has 0 saturated carbocycles. The van der Waals surface area contributed by atoms with Crippen LogP contribution in [-0.2, 0) is 10.0 Å². The molecule has 0 fully saturated rings. The van der Waals surface area contributed by atoms with Crippen LogP contribution in [0.1, 0.15) is 0 Å². The van der Waals surface area contributed by atoms with E-state index in [0.29, 0.717) is 17.1 Å². The number of hydrogen-bond donors (Lipinski definition) is 2. The van der Waals surface area contributed by atoms with Crippen LogP contribution in [0.5, 0.6) is 0 Å². The third-order valence-corrected chi connectivity index (χ3v) is 3.82. The predicted molar refractivity (Wildman–Crippen MR) is 76.7 cm³/mol. The molecule has 0 aromatic heterocycles. The molecule has 2 rings (SSSR count). The fourth-order valence-electron chi connectivity index (χ4n) is 1.79. The number of anilines is 3. The van der Waals surface area contributed by atoms with Gasteiger partial charge in [-0.05, 0) is 42.5 Å². The summed E-state index contributed by atoms with van der Waals surface area (Å²) in [7, 11) is -2.11. The first-order chi connectivity index (χ1) is 9.29. The van der Waals surface area contributed by atoms with Gasteiger partial charge >= 0.3 is 0 Å². The maximum Gasteiger partial charge on any atom is 0.238 e. The molecule has 0 saturated heterocycles. The van der Waals surface area contributed by atoms with Crippen LogP contribution in [0.3, 0.4) is 0 Å². The van der Waals surface area contributed by atoms with Crippen LogP contribution in [0.15, 0.2) is 47.4 Å². The fraction of sp³-hybridized carbons (Fsp3) is 0.0769. The first-order valence-corrected chi connectivity index (χ1v) is 7.25. The summed E-state index contributed by atoms with van der Waals surface area (Å²) in [5, 5.41) is 5.10. The van der Waals surface area contributed by atoms with E-state index in [1.165, 1.54) is 30.3 Å². The van der Waals surface area contributed by atoms with Crippen LogP contribution in [0, 0.1) is 5.82 Å². The summed E-state index contributed by atoms with van der Waals surface area (Å²) in [5.74, 6) is -0.353. The van der Waals surface area contributed by atoms with Crippen molar-refractivity contribution in [3.05, 3.63) is 48.3 Å². The molecule has 5 nitrogen and oxygen atoms in total. The van der Waals surface area contributed by atoms with Gasteiger partial charge in [-0.1, -0.05) is 0 Å². The minimum Gasteiger partial charge on any atom is -0.397 e. The quantitative estimate of drug-likeness (QED) is 0.845. The minimum atomic E-state index is -3.81. The lowest BCUT2D eigenvalue weighted by atomic mass is 10.2. The number of hydrogen-bond acceptors (Lipinski definition) is 4. The Kier molecular flexibility index (Phi) is 3.65. The molecule has 0 radical (unpaired) electrons. The molecule has 0 aliphatic carbocycles. The first-order valence-electron chi connectivity index (χ1n) is 5.70. The van der Waals surface area contributed by atoms with Crippen molar-refractivity contribution in [3.63, 3.8) is 0 Å². The van der Waals surface area contributed by atoms with Crippen molar-refractivity contribution in [1.82, 2.24) is 0 Å². The third kappa shape index (κ3) is 2.89. The Morgan fingerprint density at radius 1 is 1.10 bits per heavy atom. The van der Waals surface area contributed by atoms with Crippen LogP contribution in [-0.4, -0.2) is 15.5 Å². The van der Waals surface area contributed by atoms with Gasteiger partial charge in [-0.25, -0.2) is 17.9 Å². The summed E-state index contributed by atoms with van der Waals surface area (Å²) in [6.07, 6.45) is 0. The van der Waals surface area contributed by atoms with Crippen molar-refractivity contribution < 1.29 is 12.8 Å².